The van der Waals surface area contributed by atoms with E-state index in [-0.39, 0.29) is 26.6 Å². The summed E-state index contributed by atoms with van der Waals surface area (Å²) in [5.41, 5.74) is 2.11. The molecule has 0 bridgehead atoms. The van der Waals surface area contributed by atoms with Gasteiger partial charge in [-0.25, -0.2) is 15.0 Å². The first-order valence-electron chi connectivity index (χ1n) is 7.30. The number of H-pyrrole nitrogens is 1. The van der Waals surface area contributed by atoms with Crippen molar-refractivity contribution in [1.82, 2.24) is 19.9 Å². The molecule has 3 aromatic heterocycles. The Hall–Kier alpha value is -2.81. The molecule has 1 aliphatic rings. The number of carbonyl (C=O) groups is 2. The first-order chi connectivity index (χ1) is 11.7. The number of thiazole rings is 1. The third-order valence-corrected chi connectivity index (χ3v) is 4.72. The smallest absolute Gasteiger partial charge is 0.309 e. The first-order valence-corrected chi connectivity index (χ1v) is 8.18. The molecule has 2 N–H and O–H groups in total. The Bertz CT molecular complexity index is 944. The van der Waals surface area contributed by atoms with Gasteiger partial charge in [-0.1, -0.05) is 0 Å². The fraction of sp³-hybridized carbons (Fsp3) is 0.267. The number of carbonyl (C=O) groups excluding carboxylic acids is 2. The van der Waals surface area contributed by atoms with Gasteiger partial charge in [-0.15, -0.1) is 11.3 Å². The van der Waals surface area contributed by atoms with E-state index in [1.807, 2.05) is 11.4 Å². The lowest BCUT2D eigenvalue weighted by atomic mass is 10.2. The molecule has 0 unspecified atom stereocenters. The predicted octanol–water partition coefficient (Wildman–Crippen LogP) is 2.32. The van der Waals surface area contributed by atoms with Gasteiger partial charge in [0.05, 0.1) is 18.9 Å². The lowest BCUT2D eigenvalue weighted by Crippen LogP contribution is -2.17. The van der Waals surface area contributed by atoms with Crippen LogP contribution in [0.2, 0.25) is 0 Å². The molecule has 0 saturated heterocycles. The van der Waals surface area contributed by atoms with Crippen molar-refractivity contribution >= 4 is 39.4 Å². The van der Waals surface area contributed by atoms with Gasteiger partial charge in [-0.3, -0.25) is 9.59 Å². The number of aromatic amines is 1. The Kier molecular flexibility index (Phi) is 3.49. The molecule has 8 nitrogen and oxygen atoms in total. The van der Waals surface area contributed by atoms with E-state index in [4.69, 9.17) is 0 Å². The molecule has 24 heavy (non-hydrogen) atoms. The summed E-state index contributed by atoms with van der Waals surface area (Å²) in [5, 5.41) is 5.93. The molecule has 0 aliphatic heterocycles. The Morgan fingerprint density at radius 2 is 2.29 bits per heavy atom. The number of ether oxygens (including phenoxy) is 1. The van der Waals surface area contributed by atoms with Crippen LogP contribution >= 0.6 is 11.3 Å². The SMILES string of the molecule is COC(=O)[C@H]1C[C@H]1C(=O)Nc1nc(-c2ncnc3[nH]ccc23)cs1.[HH].[HH]. The maximum atomic E-state index is 12.1. The summed E-state index contributed by atoms with van der Waals surface area (Å²) in [4.78, 5) is 39.4. The molecule has 0 spiro atoms. The molecule has 2 atom stereocenters. The molecule has 3 aromatic rings. The summed E-state index contributed by atoms with van der Waals surface area (Å²) in [5.74, 6) is -1.22. The number of nitrogens with one attached hydrogen (secondary N) is 2. The van der Waals surface area contributed by atoms with Gasteiger partial charge in [0, 0.05) is 19.8 Å². The average Bonchev–Trinajstić information content (AvgIpc) is 3.02. The molecule has 3 heterocycles. The number of anilines is 1. The number of amides is 1. The highest BCUT2D eigenvalue weighted by atomic mass is 32.1. The van der Waals surface area contributed by atoms with Gasteiger partial charge in [0.25, 0.3) is 0 Å². The summed E-state index contributed by atoms with van der Waals surface area (Å²) < 4.78 is 4.65. The minimum Gasteiger partial charge on any atom is -0.469 e. The van der Waals surface area contributed by atoms with Crippen molar-refractivity contribution in [3.8, 4) is 11.4 Å². The van der Waals surface area contributed by atoms with E-state index in [0.29, 0.717) is 22.9 Å². The van der Waals surface area contributed by atoms with Crippen LogP contribution in [0.1, 0.15) is 9.27 Å². The molecular formula is C15H17N5O3S. The normalized spacial score (nSPS) is 19.2. The number of nitrogens with zero attached hydrogens (tertiary/aromatic N) is 3. The van der Waals surface area contributed by atoms with Gasteiger partial charge >= 0.3 is 5.97 Å². The van der Waals surface area contributed by atoms with Gasteiger partial charge in [0.15, 0.2) is 5.13 Å². The Morgan fingerprint density at radius 1 is 1.42 bits per heavy atom. The number of methoxy groups -OCH3 is 1. The monoisotopic (exact) mass is 347 g/mol. The second-order valence-corrected chi connectivity index (χ2v) is 6.32. The van der Waals surface area contributed by atoms with E-state index >= 15 is 0 Å². The lowest BCUT2D eigenvalue weighted by Gasteiger charge is -2.00. The quantitative estimate of drug-likeness (QED) is 0.701. The van der Waals surface area contributed by atoms with E-state index in [1.54, 1.807) is 6.20 Å². The number of esters is 1. The van der Waals surface area contributed by atoms with Crippen LogP contribution < -0.4 is 5.32 Å². The Labute approximate surface area is 143 Å². The summed E-state index contributed by atoms with van der Waals surface area (Å²) in [7, 11) is 1.33. The summed E-state index contributed by atoms with van der Waals surface area (Å²) in [6.07, 6.45) is 3.78. The average molecular weight is 347 g/mol. The highest BCUT2D eigenvalue weighted by Gasteiger charge is 2.49. The van der Waals surface area contributed by atoms with Crippen LogP contribution in [0.5, 0.6) is 0 Å². The molecule has 1 fully saturated rings. The highest BCUT2D eigenvalue weighted by molar-refractivity contribution is 7.14. The van der Waals surface area contributed by atoms with Gasteiger partial charge in [-0.05, 0) is 12.5 Å². The molecule has 9 heteroatoms. The third kappa shape index (κ3) is 2.52. The van der Waals surface area contributed by atoms with E-state index < -0.39 is 0 Å². The molecular weight excluding hydrogens is 330 g/mol. The third-order valence-electron chi connectivity index (χ3n) is 3.96. The molecule has 4 rings (SSSR count). The summed E-state index contributed by atoms with van der Waals surface area (Å²) >= 11 is 1.31. The van der Waals surface area contributed by atoms with Crippen molar-refractivity contribution < 1.29 is 17.2 Å². The topological polar surface area (TPSA) is 110 Å². The van der Waals surface area contributed by atoms with Crippen molar-refractivity contribution in [2.45, 2.75) is 6.42 Å². The largest absolute Gasteiger partial charge is 0.469 e. The fourth-order valence-electron chi connectivity index (χ4n) is 2.61. The second-order valence-electron chi connectivity index (χ2n) is 5.46. The van der Waals surface area contributed by atoms with Gasteiger partial charge in [0.1, 0.15) is 23.4 Å². The van der Waals surface area contributed by atoms with Crippen LogP contribution in [0.25, 0.3) is 22.4 Å². The first kappa shape index (κ1) is 14.8. The molecule has 126 valence electrons. The van der Waals surface area contributed by atoms with Crippen molar-refractivity contribution in [3.63, 3.8) is 0 Å². The molecule has 1 aliphatic carbocycles. The zero-order valence-corrected chi connectivity index (χ0v) is 13.5. The molecule has 0 radical (unpaired) electrons. The van der Waals surface area contributed by atoms with Gasteiger partial charge in [-0.2, -0.15) is 0 Å². The number of aromatic nitrogens is 4. The minimum absolute atomic E-state index is 0. The standard InChI is InChI=1S/C15H13N5O3S.2H2/c1-23-14(22)9-4-8(9)13(21)20-15-19-10(5-24-15)11-7-2-3-16-12(7)18-6-17-11;;/h2-3,5-6,8-9H,4H2,1H3,(H,16,17,18)(H,19,20,21);2*1H/t8-,9+;;/m1../s1. The fourth-order valence-corrected chi connectivity index (χ4v) is 3.31. The van der Waals surface area contributed by atoms with Crippen LogP contribution in [0, 0.1) is 11.8 Å². The van der Waals surface area contributed by atoms with E-state index in [2.05, 4.69) is 30.0 Å². The minimum atomic E-state index is -0.342. The maximum Gasteiger partial charge on any atom is 0.309 e. The van der Waals surface area contributed by atoms with Crippen molar-refractivity contribution in [1.29, 1.82) is 0 Å². The van der Waals surface area contributed by atoms with Crippen LogP contribution in [0.15, 0.2) is 24.0 Å². The van der Waals surface area contributed by atoms with E-state index in [0.717, 1.165) is 11.0 Å². The Morgan fingerprint density at radius 3 is 3.12 bits per heavy atom. The van der Waals surface area contributed by atoms with Crippen molar-refractivity contribution in [3.05, 3.63) is 24.0 Å². The van der Waals surface area contributed by atoms with Crippen molar-refractivity contribution in [2.75, 3.05) is 12.4 Å². The predicted molar refractivity (Wildman–Crippen MR) is 91.5 cm³/mol. The molecule has 1 saturated carbocycles. The number of fused-ring (bicyclic) bond motifs is 1. The van der Waals surface area contributed by atoms with E-state index in [1.165, 1.54) is 24.8 Å². The van der Waals surface area contributed by atoms with Crippen molar-refractivity contribution in [2.24, 2.45) is 11.8 Å². The van der Waals surface area contributed by atoms with Crippen LogP contribution in [-0.2, 0) is 14.3 Å². The highest BCUT2D eigenvalue weighted by Crippen LogP contribution is 2.40. The van der Waals surface area contributed by atoms with Gasteiger partial charge < -0.3 is 15.0 Å². The van der Waals surface area contributed by atoms with Crippen LogP contribution in [0.4, 0.5) is 5.13 Å². The lowest BCUT2D eigenvalue weighted by molar-refractivity contribution is -0.143. The zero-order chi connectivity index (χ0) is 16.7. The van der Waals surface area contributed by atoms with Crippen LogP contribution in [0.3, 0.4) is 0 Å². The summed E-state index contributed by atoms with van der Waals surface area (Å²) in [6, 6.07) is 1.88. The number of hydrogen-bond acceptors (Lipinski definition) is 7. The number of hydrogen-bond donors (Lipinski definition) is 2. The van der Waals surface area contributed by atoms with Gasteiger partial charge in [0.2, 0.25) is 5.91 Å². The second kappa shape index (κ2) is 5.68. The molecule has 0 aromatic carbocycles. The maximum absolute atomic E-state index is 12.1. The van der Waals surface area contributed by atoms with Crippen LogP contribution in [-0.4, -0.2) is 38.9 Å². The van der Waals surface area contributed by atoms with E-state index in [9.17, 15) is 9.59 Å². The zero-order valence-electron chi connectivity index (χ0n) is 12.6. The summed E-state index contributed by atoms with van der Waals surface area (Å²) in [6.45, 7) is 0. The Balaban J connectivity index is 0.00000121. The number of rotatable bonds is 4. The molecule has 1 amide bonds.